The van der Waals surface area contributed by atoms with Gasteiger partial charge in [-0.3, -0.25) is 4.79 Å². The molecule has 0 aliphatic heterocycles. The molecule has 0 bridgehead atoms. The van der Waals surface area contributed by atoms with Crippen molar-refractivity contribution in [3.05, 3.63) is 60.3 Å². The van der Waals surface area contributed by atoms with Gasteiger partial charge in [-0.2, -0.15) is 10.4 Å². The highest BCUT2D eigenvalue weighted by Crippen LogP contribution is 2.32. The van der Waals surface area contributed by atoms with Gasteiger partial charge in [-0.15, -0.1) is 0 Å². The standard InChI is InChI=1S/C23H25N5O3/c1-15(2)28-22(11-12-25-28)27-23(29)16(3)26-18-6-8-19(9-7-18)31-20-10-5-17(14-24)13-21(20)30-4/h5-13,15-16,26H,1-4H3,(H,27,29). The van der Waals surface area contributed by atoms with Crippen molar-refractivity contribution in [2.24, 2.45) is 0 Å². The zero-order valence-corrected chi connectivity index (χ0v) is 17.9. The second kappa shape index (κ2) is 9.67. The van der Waals surface area contributed by atoms with Crippen LogP contribution in [0.25, 0.3) is 0 Å². The third-order valence-electron chi connectivity index (χ3n) is 4.56. The Morgan fingerprint density at radius 2 is 1.84 bits per heavy atom. The predicted molar refractivity (Wildman–Crippen MR) is 119 cm³/mol. The summed E-state index contributed by atoms with van der Waals surface area (Å²) in [4.78, 5) is 12.5. The Morgan fingerprint density at radius 3 is 2.48 bits per heavy atom. The van der Waals surface area contributed by atoms with Gasteiger partial charge in [0, 0.05) is 23.9 Å². The van der Waals surface area contributed by atoms with Crippen LogP contribution in [0.1, 0.15) is 32.4 Å². The molecule has 2 aromatic carbocycles. The Balaban J connectivity index is 1.62. The number of anilines is 2. The quantitative estimate of drug-likeness (QED) is 0.554. The average Bonchev–Trinajstić information content (AvgIpc) is 3.23. The highest BCUT2D eigenvalue weighted by molar-refractivity contribution is 5.95. The molecule has 1 amide bonds. The first kappa shape index (κ1) is 21.7. The number of amides is 1. The number of ether oxygens (including phenoxy) is 2. The Labute approximate surface area is 181 Å². The highest BCUT2D eigenvalue weighted by Gasteiger charge is 2.16. The summed E-state index contributed by atoms with van der Waals surface area (Å²) in [7, 11) is 1.52. The van der Waals surface area contributed by atoms with Crippen LogP contribution in [0.5, 0.6) is 17.2 Å². The lowest BCUT2D eigenvalue weighted by atomic mass is 10.2. The first-order valence-electron chi connectivity index (χ1n) is 9.88. The van der Waals surface area contributed by atoms with Crippen LogP contribution in [0.4, 0.5) is 11.5 Å². The predicted octanol–water partition coefficient (Wildman–Crippen LogP) is 4.58. The molecule has 1 atom stereocenters. The van der Waals surface area contributed by atoms with Crippen LogP contribution in [0.15, 0.2) is 54.7 Å². The molecule has 8 heteroatoms. The SMILES string of the molecule is COc1cc(C#N)ccc1Oc1ccc(NC(C)C(=O)Nc2ccnn2C(C)C)cc1. The molecule has 0 radical (unpaired) electrons. The summed E-state index contributed by atoms with van der Waals surface area (Å²) in [6.07, 6.45) is 1.66. The van der Waals surface area contributed by atoms with Crippen LogP contribution >= 0.6 is 0 Å². The van der Waals surface area contributed by atoms with E-state index in [1.54, 1.807) is 54.2 Å². The number of aromatic nitrogens is 2. The van der Waals surface area contributed by atoms with E-state index in [1.165, 1.54) is 7.11 Å². The molecule has 0 spiro atoms. The molecule has 0 saturated heterocycles. The minimum atomic E-state index is -0.457. The molecule has 1 unspecified atom stereocenters. The second-order valence-corrected chi connectivity index (χ2v) is 7.21. The molecule has 0 saturated carbocycles. The third kappa shape index (κ3) is 5.34. The highest BCUT2D eigenvalue weighted by atomic mass is 16.5. The number of hydrogen-bond acceptors (Lipinski definition) is 6. The molecule has 0 fully saturated rings. The largest absolute Gasteiger partial charge is 0.493 e. The van der Waals surface area contributed by atoms with Crippen LogP contribution in [0, 0.1) is 11.3 Å². The molecule has 0 aliphatic carbocycles. The fourth-order valence-corrected chi connectivity index (χ4v) is 2.94. The van der Waals surface area contributed by atoms with Crippen molar-refractivity contribution in [2.45, 2.75) is 32.9 Å². The summed E-state index contributed by atoms with van der Waals surface area (Å²) < 4.78 is 12.9. The summed E-state index contributed by atoms with van der Waals surface area (Å²) >= 11 is 0. The van der Waals surface area contributed by atoms with E-state index in [9.17, 15) is 4.79 Å². The molecule has 2 N–H and O–H groups in total. The van der Waals surface area contributed by atoms with E-state index in [4.69, 9.17) is 14.7 Å². The number of rotatable bonds is 8. The normalized spacial score (nSPS) is 11.5. The van der Waals surface area contributed by atoms with E-state index >= 15 is 0 Å². The number of nitriles is 1. The van der Waals surface area contributed by atoms with Crippen LogP contribution in [-0.4, -0.2) is 28.8 Å². The van der Waals surface area contributed by atoms with Crippen molar-refractivity contribution in [2.75, 3.05) is 17.7 Å². The van der Waals surface area contributed by atoms with Gasteiger partial charge in [0.05, 0.1) is 24.9 Å². The Kier molecular flexibility index (Phi) is 6.78. The monoisotopic (exact) mass is 419 g/mol. The Hall–Kier alpha value is -3.99. The Morgan fingerprint density at radius 1 is 1.10 bits per heavy atom. The molecule has 1 aromatic heterocycles. The molecular formula is C23H25N5O3. The zero-order chi connectivity index (χ0) is 22.4. The van der Waals surface area contributed by atoms with Crippen molar-refractivity contribution in [1.29, 1.82) is 5.26 Å². The summed E-state index contributed by atoms with van der Waals surface area (Å²) in [6.45, 7) is 5.79. The third-order valence-corrected chi connectivity index (χ3v) is 4.56. The number of nitrogens with one attached hydrogen (secondary N) is 2. The number of carbonyl (C=O) groups is 1. The van der Waals surface area contributed by atoms with Crippen LogP contribution in [-0.2, 0) is 4.79 Å². The van der Waals surface area contributed by atoms with Crippen molar-refractivity contribution < 1.29 is 14.3 Å². The van der Waals surface area contributed by atoms with Gasteiger partial charge in [0.2, 0.25) is 5.91 Å². The van der Waals surface area contributed by atoms with Crippen molar-refractivity contribution in [3.8, 4) is 23.3 Å². The van der Waals surface area contributed by atoms with Gasteiger partial charge in [0.25, 0.3) is 0 Å². The fraction of sp³-hybridized carbons (Fsp3) is 0.261. The van der Waals surface area contributed by atoms with Gasteiger partial charge in [-0.25, -0.2) is 4.68 Å². The fourth-order valence-electron chi connectivity index (χ4n) is 2.94. The lowest BCUT2D eigenvalue weighted by molar-refractivity contribution is -0.116. The zero-order valence-electron chi connectivity index (χ0n) is 17.9. The average molecular weight is 419 g/mol. The van der Waals surface area contributed by atoms with Crippen molar-refractivity contribution >= 4 is 17.4 Å². The van der Waals surface area contributed by atoms with Gasteiger partial charge in [-0.1, -0.05) is 0 Å². The molecule has 3 aromatic rings. The number of hydrogen-bond donors (Lipinski definition) is 2. The lowest BCUT2D eigenvalue weighted by Gasteiger charge is -2.17. The summed E-state index contributed by atoms with van der Waals surface area (Å²) in [5, 5.41) is 19.3. The number of methoxy groups -OCH3 is 1. The first-order valence-corrected chi connectivity index (χ1v) is 9.88. The summed E-state index contributed by atoms with van der Waals surface area (Å²) in [5.41, 5.74) is 1.27. The smallest absolute Gasteiger partial charge is 0.247 e. The number of carbonyl (C=O) groups excluding carboxylic acids is 1. The summed E-state index contributed by atoms with van der Waals surface area (Å²) in [6, 6.07) is 15.7. The molecule has 31 heavy (non-hydrogen) atoms. The Bertz CT molecular complexity index is 1080. The topological polar surface area (TPSA) is 101 Å². The molecule has 3 rings (SSSR count). The second-order valence-electron chi connectivity index (χ2n) is 7.21. The number of nitrogens with zero attached hydrogens (tertiary/aromatic N) is 3. The van der Waals surface area contributed by atoms with E-state index in [1.807, 2.05) is 26.0 Å². The van der Waals surface area contributed by atoms with Crippen LogP contribution in [0.2, 0.25) is 0 Å². The summed E-state index contributed by atoms with van der Waals surface area (Å²) in [5.74, 6) is 2.09. The lowest BCUT2D eigenvalue weighted by Crippen LogP contribution is -2.32. The van der Waals surface area contributed by atoms with E-state index in [0.29, 0.717) is 28.6 Å². The van der Waals surface area contributed by atoms with Gasteiger partial charge < -0.3 is 20.1 Å². The van der Waals surface area contributed by atoms with Crippen LogP contribution in [0.3, 0.4) is 0 Å². The van der Waals surface area contributed by atoms with Gasteiger partial charge >= 0.3 is 0 Å². The minimum absolute atomic E-state index is 0.149. The first-order chi connectivity index (χ1) is 14.9. The number of benzene rings is 2. The van der Waals surface area contributed by atoms with E-state index in [-0.39, 0.29) is 11.9 Å². The van der Waals surface area contributed by atoms with Crippen molar-refractivity contribution in [3.63, 3.8) is 0 Å². The maximum atomic E-state index is 12.5. The van der Waals surface area contributed by atoms with Gasteiger partial charge in [0.15, 0.2) is 11.5 Å². The van der Waals surface area contributed by atoms with Crippen LogP contribution < -0.4 is 20.1 Å². The maximum absolute atomic E-state index is 12.5. The minimum Gasteiger partial charge on any atom is -0.493 e. The van der Waals surface area contributed by atoms with Crippen molar-refractivity contribution in [1.82, 2.24) is 9.78 Å². The maximum Gasteiger partial charge on any atom is 0.247 e. The van der Waals surface area contributed by atoms with Gasteiger partial charge in [0.1, 0.15) is 17.6 Å². The molecule has 0 aliphatic rings. The van der Waals surface area contributed by atoms with E-state index in [0.717, 1.165) is 5.69 Å². The molecule has 1 heterocycles. The molecule has 160 valence electrons. The van der Waals surface area contributed by atoms with E-state index < -0.39 is 6.04 Å². The molecular weight excluding hydrogens is 394 g/mol. The van der Waals surface area contributed by atoms with Gasteiger partial charge in [-0.05, 0) is 57.2 Å². The molecule has 8 nitrogen and oxygen atoms in total. The van der Waals surface area contributed by atoms with E-state index in [2.05, 4.69) is 21.8 Å².